The summed E-state index contributed by atoms with van der Waals surface area (Å²) in [5.74, 6) is 3.56. The van der Waals surface area contributed by atoms with Crippen LogP contribution in [0.15, 0.2) is 11.6 Å². The summed E-state index contributed by atoms with van der Waals surface area (Å²) in [5, 5.41) is 20.4. The summed E-state index contributed by atoms with van der Waals surface area (Å²) in [6, 6.07) is 0. The van der Waals surface area contributed by atoms with Gasteiger partial charge in [0, 0.05) is 12.0 Å². The molecule has 3 fully saturated rings. The van der Waals surface area contributed by atoms with Gasteiger partial charge < -0.3 is 10.2 Å². The SMILES string of the molecule is C[C@H](CO)[C@H]1CC[C@H]2[C@@H]3CC=C4C(C)(C)[C@@H](O)CC[C@]4(C)[C@H]3CC[C@]12C. The van der Waals surface area contributed by atoms with Crippen molar-refractivity contribution < 1.29 is 10.2 Å². The van der Waals surface area contributed by atoms with E-state index in [1.807, 2.05) is 0 Å². The highest BCUT2D eigenvalue weighted by Crippen LogP contribution is 2.68. The second-order valence-corrected chi connectivity index (χ2v) is 11.3. The Hall–Kier alpha value is -0.340. The first-order valence-corrected chi connectivity index (χ1v) is 11.2. The second kappa shape index (κ2) is 6.08. The molecule has 4 aliphatic carbocycles. The maximum absolute atomic E-state index is 10.6. The van der Waals surface area contributed by atoms with Gasteiger partial charge in [0.05, 0.1) is 6.10 Å². The molecule has 2 heteroatoms. The first-order chi connectivity index (χ1) is 12.2. The number of rotatable bonds is 2. The molecule has 0 aromatic rings. The minimum absolute atomic E-state index is 0.0671. The van der Waals surface area contributed by atoms with Crippen LogP contribution in [0.2, 0.25) is 0 Å². The van der Waals surface area contributed by atoms with Gasteiger partial charge in [-0.15, -0.1) is 0 Å². The van der Waals surface area contributed by atoms with Crippen LogP contribution in [0.5, 0.6) is 0 Å². The monoisotopic (exact) mass is 360 g/mol. The van der Waals surface area contributed by atoms with Gasteiger partial charge >= 0.3 is 0 Å². The average Bonchev–Trinajstić information content (AvgIpc) is 2.95. The van der Waals surface area contributed by atoms with E-state index in [0.717, 1.165) is 30.6 Å². The molecule has 3 saturated carbocycles. The van der Waals surface area contributed by atoms with Crippen LogP contribution in [0.3, 0.4) is 0 Å². The molecule has 26 heavy (non-hydrogen) atoms. The first kappa shape index (κ1) is 19.0. The van der Waals surface area contributed by atoms with Gasteiger partial charge in [-0.25, -0.2) is 0 Å². The normalized spacial score (nSPS) is 51.0. The van der Waals surface area contributed by atoms with Crippen molar-refractivity contribution in [1.29, 1.82) is 0 Å². The minimum atomic E-state index is -0.187. The molecule has 0 saturated heterocycles. The van der Waals surface area contributed by atoms with Gasteiger partial charge in [-0.1, -0.05) is 46.3 Å². The maximum atomic E-state index is 10.6. The summed E-state index contributed by atoms with van der Waals surface area (Å²) < 4.78 is 0. The Morgan fingerprint density at radius 2 is 1.77 bits per heavy atom. The number of hydrogen-bond donors (Lipinski definition) is 2. The molecule has 2 N–H and O–H groups in total. The molecule has 4 aliphatic rings. The van der Waals surface area contributed by atoms with E-state index in [-0.39, 0.29) is 16.9 Å². The molecule has 0 amide bonds. The molecule has 0 heterocycles. The number of allylic oxidation sites excluding steroid dienone is 1. The van der Waals surface area contributed by atoms with Crippen LogP contribution < -0.4 is 0 Å². The van der Waals surface area contributed by atoms with Crippen molar-refractivity contribution in [1.82, 2.24) is 0 Å². The van der Waals surface area contributed by atoms with Gasteiger partial charge in [0.15, 0.2) is 0 Å². The minimum Gasteiger partial charge on any atom is -0.396 e. The number of fused-ring (bicyclic) bond motifs is 5. The fourth-order valence-corrected chi connectivity index (χ4v) is 8.49. The quantitative estimate of drug-likeness (QED) is 0.665. The van der Waals surface area contributed by atoms with Crippen LogP contribution in [0.4, 0.5) is 0 Å². The van der Waals surface area contributed by atoms with Crippen molar-refractivity contribution in [3.05, 3.63) is 11.6 Å². The van der Waals surface area contributed by atoms with Crippen molar-refractivity contribution in [2.24, 2.45) is 45.8 Å². The van der Waals surface area contributed by atoms with E-state index in [1.165, 1.54) is 32.1 Å². The fraction of sp³-hybridized carbons (Fsp3) is 0.917. The largest absolute Gasteiger partial charge is 0.396 e. The third-order valence-electron chi connectivity index (χ3n) is 9.98. The zero-order chi connectivity index (χ0) is 18.9. The van der Waals surface area contributed by atoms with E-state index in [4.69, 9.17) is 0 Å². The molecule has 0 unspecified atom stereocenters. The van der Waals surface area contributed by atoms with Crippen molar-refractivity contribution in [3.8, 4) is 0 Å². The van der Waals surface area contributed by atoms with Gasteiger partial charge in [-0.3, -0.25) is 0 Å². The van der Waals surface area contributed by atoms with Crippen LogP contribution in [-0.4, -0.2) is 22.9 Å². The molecule has 0 radical (unpaired) electrons. The molecule has 8 atom stereocenters. The van der Waals surface area contributed by atoms with Gasteiger partial charge in [0.25, 0.3) is 0 Å². The topological polar surface area (TPSA) is 40.5 Å². The summed E-state index contributed by atoms with van der Waals surface area (Å²) in [6.45, 7) is 12.2. The van der Waals surface area contributed by atoms with Crippen molar-refractivity contribution in [2.45, 2.75) is 85.7 Å². The number of aliphatic hydroxyl groups excluding tert-OH is 2. The highest BCUT2D eigenvalue weighted by Gasteiger charge is 2.61. The van der Waals surface area contributed by atoms with E-state index < -0.39 is 0 Å². The summed E-state index contributed by atoms with van der Waals surface area (Å²) in [4.78, 5) is 0. The fourth-order valence-electron chi connectivity index (χ4n) is 8.49. The Balaban J connectivity index is 1.67. The molecular formula is C24H40O2. The predicted octanol–water partition coefficient (Wildman–Crippen LogP) is 5.19. The summed E-state index contributed by atoms with van der Waals surface area (Å²) in [5.41, 5.74) is 2.21. The Morgan fingerprint density at radius 1 is 1.04 bits per heavy atom. The van der Waals surface area contributed by atoms with E-state index in [0.29, 0.717) is 23.9 Å². The van der Waals surface area contributed by atoms with E-state index in [9.17, 15) is 10.2 Å². The molecule has 0 aromatic carbocycles. The highest BCUT2D eigenvalue weighted by atomic mass is 16.3. The van der Waals surface area contributed by atoms with Crippen LogP contribution >= 0.6 is 0 Å². The average molecular weight is 361 g/mol. The summed E-state index contributed by atoms with van der Waals surface area (Å²) in [7, 11) is 0. The van der Waals surface area contributed by atoms with Crippen LogP contribution in [0.1, 0.15) is 79.6 Å². The molecular weight excluding hydrogens is 320 g/mol. The van der Waals surface area contributed by atoms with Gasteiger partial charge in [0.2, 0.25) is 0 Å². The number of hydrogen-bond acceptors (Lipinski definition) is 2. The Morgan fingerprint density at radius 3 is 2.46 bits per heavy atom. The lowest BCUT2D eigenvalue weighted by Crippen LogP contribution is -2.54. The lowest BCUT2D eigenvalue weighted by atomic mass is 9.44. The van der Waals surface area contributed by atoms with Crippen molar-refractivity contribution in [3.63, 3.8) is 0 Å². The third kappa shape index (κ3) is 2.37. The molecule has 0 spiro atoms. The Kier molecular flexibility index (Phi) is 4.44. The van der Waals surface area contributed by atoms with Gasteiger partial charge in [-0.2, -0.15) is 0 Å². The summed E-state index contributed by atoms with van der Waals surface area (Å²) in [6.07, 6.45) is 11.0. The number of aliphatic hydroxyl groups is 2. The maximum Gasteiger partial charge on any atom is 0.0628 e. The molecule has 2 nitrogen and oxygen atoms in total. The van der Waals surface area contributed by atoms with Crippen LogP contribution in [0, 0.1) is 45.8 Å². The standard InChI is InChI=1S/C24H40O2/c1-15(14-25)17-7-8-18-16-6-9-20-22(2,3)21(26)11-13-24(20,5)19(16)10-12-23(17,18)4/h9,15-19,21,25-26H,6-8,10-14H2,1-5H3/t15-,16+,17-,18+,19+,21+,23-,24-/m1/s1. The molecule has 0 bridgehead atoms. The van der Waals surface area contributed by atoms with Crippen molar-refractivity contribution >= 4 is 0 Å². The third-order valence-corrected chi connectivity index (χ3v) is 9.98. The lowest BCUT2D eigenvalue weighted by Gasteiger charge is -2.61. The zero-order valence-corrected chi connectivity index (χ0v) is 17.6. The first-order valence-electron chi connectivity index (χ1n) is 11.2. The zero-order valence-electron chi connectivity index (χ0n) is 17.6. The summed E-state index contributed by atoms with van der Waals surface area (Å²) >= 11 is 0. The van der Waals surface area contributed by atoms with E-state index in [1.54, 1.807) is 5.57 Å². The highest BCUT2D eigenvalue weighted by molar-refractivity contribution is 5.31. The van der Waals surface area contributed by atoms with Gasteiger partial charge in [0.1, 0.15) is 0 Å². The Labute approximate surface area is 160 Å². The molecule has 0 aromatic heterocycles. The predicted molar refractivity (Wildman–Crippen MR) is 107 cm³/mol. The smallest absolute Gasteiger partial charge is 0.0628 e. The molecule has 0 aliphatic heterocycles. The molecule has 4 rings (SSSR count). The van der Waals surface area contributed by atoms with E-state index in [2.05, 4.69) is 40.7 Å². The molecule has 148 valence electrons. The van der Waals surface area contributed by atoms with Crippen LogP contribution in [-0.2, 0) is 0 Å². The van der Waals surface area contributed by atoms with Crippen molar-refractivity contribution in [2.75, 3.05) is 6.61 Å². The second-order valence-electron chi connectivity index (χ2n) is 11.3. The lowest BCUT2D eigenvalue weighted by molar-refractivity contribution is -0.0797. The van der Waals surface area contributed by atoms with E-state index >= 15 is 0 Å². The van der Waals surface area contributed by atoms with Crippen LogP contribution in [0.25, 0.3) is 0 Å². The Bertz CT molecular complexity index is 593. The van der Waals surface area contributed by atoms with Gasteiger partial charge in [-0.05, 0) is 85.4 Å².